The molecule has 1 N–H and O–H groups in total. The molecule has 0 saturated carbocycles. The summed E-state index contributed by atoms with van der Waals surface area (Å²) in [6, 6.07) is 13.0. The Hall–Kier alpha value is -1.70. The third-order valence-corrected chi connectivity index (χ3v) is 5.36. The summed E-state index contributed by atoms with van der Waals surface area (Å²) in [5, 5.41) is 2.75. The quantitative estimate of drug-likeness (QED) is 0.883. The van der Waals surface area contributed by atoms with Crippen molar-refractivity contribution >= 4 is 37.5 Å². The lowest BCUT2D eigenvalue weighted by atomic mass is 10.2. The Balaban J connectivity index is 2.16. The molecule has 0 aliphatic carbocycles. The average molecular weight is 383 g/mol. The van der Waals surface area contributed by atoms with E-state index in [1.54, 1.807) is 12.1 Å². The molecule has 0 unspecified atom stereocenters. The van der Waals surface area contributed by atoms with Crippen LogP contribution in [0.2, 0.25) is 0 Å². The highest BCUT2D eigenvalue weighted by Crippen LogP contribution is 2.17. The van der Waals surface area contributed by atoms with Gasteiger partial charge in [0.05, 0.1) is 4.90 Å². The van der Waals surface area contributed by atoms with E-state index in [1.165, 1.54) is 38.4 Å². The summed E-state index contributed by atoms with van der Waals surface area (Å²) in [5.41, 5.74) is 1.05. The predicted octanol–water partition coefficient (Wildman–Crippen LogP) is 2.95. The van der Waals surface area contributed by atoms with Gasteiger partial charge >= 0.3 is 0 Å². The molecule has 0 saturated heterocycles. The second-order valence-corrected chi connectivity index (χ2v) is 7.84. The SMILES string of the molecule is CN(C)S(=O)(=O)c1ccc(C(=O)Nc2ccc(Br)cc2)cc1. The first-order valence-electron chi connectivity index (χ1n) is 6.40. The zero-order valence-corrected chi connectivity index (χ0v) is 14.5. The minimum absolute atomic E-state index is 0.151. The van der Waals surface area contributed by atoms with Crippen LogP contribution in [0.5, 0.6) is 0 Å². The van der Waals surface area contributed by atoms with Gasteiger partial charge in [-0.05, 0) is 48.5 Å². The first kappa shape index (κ1) is 16.7. The van der Waals surface area contributed by atoms with Crippen LogP contribution >= 0.6 is 15.9 Å². The third kappa shape index (κ3) is 3.73. The maximum Gasteiger partial charge on any atom is 0.255 e. The van der Waals surface area contributed by atoms with Crippen molar-refractivity contribution in [1.29, 1.82) is 0 Å². The lowest BCUT2D eigenvalue weighted by Gasteiger charge is -2.11. The minimum atomic E-state index is -3.49. The molecule has 0 heterocycles. The smallest absolute Gasteiger partial charge is 0.255 e. The molecule has 0 fully saturated rings. The molecule has 2 aromatic carbocycles. The Morgan fingerprint density at radius 1 is 1.00 bits per heavy atom. The van der Waals surface area contributed by atoms with Gasteiger partial charge in [-0.3, -0.25) is 4.79 Å². The highest BCUT2D eigenvalue weighted by atomic mass is 79.9. The van der Waals surface area contributed by atoms with Crippen LogP contribution in [0.15, 0.2) is 57.9 Å². The number of benzene rings is 2. The average Bonchev–Trinajstić information content (AvgIpc) is 2.49. The van der Waals surface area contributed by atoms with Gasteiger partial charge in [0.2, 0.25) is 10.0 Å². The van der Waals surface area contributed by atoms with Crippen molar-refractivity contribution in [3.63, 3.8) is 0 Å². The van der Waals surface area contributed by atoms with Gasteiger partial charge in [0.1, 0.15) is 0 Å². The Morgan fingerprint density at radius 2 is 1.55 bits per heavy atom. The second kappa shape index (κ2) is 6.60. The molecule has 7 heteroatoms. The molecule has 116 valence electrons. The fraction of sp³-hybridized carbons (Fsp3) is 0.133. The minimum Gasteiger partial charge on any atom is -0.322 e. The summed E-state index contributed by atoms with van der Waals surface area (Å²) in [6.07, 6.45) is 0. The fourth-order valence-electron chi connectivity index (χ4n) is 1.73. The lowest BCUT2D eigenvalue weighted by Crippen LogP contribution is -2.22. The molecule has 2 aromatic rings. The van der Waals surface area contributed by atoms with Crippen molar-refractivity contribution in [2.24, 2.45) is 0 Å². The third-order valence-electron chi connectivity index (χ3n) is 3.00. The molecule has 0 aromatic heterocycles. The van der Waals surface area contributed by atoms with Crippen molar-refractivity contribution in [3.05, 3.63) is 58.6 Å². The lowest BCUT2D eigenvalue weighted by molar-refractivity contribution is 0.102. The normalized spacial score (nSPS) is 11.5. The van der Waals surface area contributed by atoms with E-state index >= 15 is 0 Å². The number of carbonyl (C=O) groups excluding carboxylic acids is 1. The van der Waals surface area contributed by atoms with Crippen LogP contribution in [-0.2, 0) is 10.0 Å². The first-order valence-corrected chi connectivity index (χ1v) is 8.63. The summed E-state index contributed by atoms with van der Waals surface area (Å²) in [5.74, 6) is -0.295. The number of halogens is 1. The van der Waals surface area contributed by atoms with Crippen molar-refractivity contribution in [2.75, 3.05) is 19.4 Å². The number of rotatable bonds is 4. The number of anilines is 1. The molecular formula is C15H15BrN2O3S. The molecule has 0 aliphatic rings. The maximum absolute atomic E-state index is 12.1. The molecule has 22 heavy (non-hydrogen) atoms. The van der Waals surface area contributed by atoms with Crippen LogP contribution in [0.25, 0.3) is 0 Å². The molecule has 0 radical (unpaired) electrons. The number of hydrogen-bond donors (Lipinski definition) is 1. The first-order chi connectivity index (χ1) is 10.3. The Kier molecular flexibility index (Phi) is 5.00. The topological polar surface area (TPSA) is 66.5 Å². The highest BCUT2D eigenvalue weighted by Gasteiger charge is 2.17. The Labute approximate surface area is 138 Å². The molecule has 1 amide bonds. The zero-order valence-electron chi connectivity index (χ0n) is 12.1. The van der Waals surface area contributed by atoms with Gasteiger partial charge in [-0.15, -0.1) is 0 Å². The largest absolute Gasteiger partial charge is 0.322 e. The number of carbonyl (C=O) groups is 1. The van der Waals surface area contributed by atoms with Crippen LogP contribution in [0.4, 0.5) is 5.69 Å². The zero-order chi connectivity index (χ0) is 16.3. The van der Waals surface area contributed by atoms with E-state index in [0.29, 0.717) is 11.3 Å². The maximum atomic E-state index is 12.1. The summed E-state index contributed by atoms with van der Waals surface area (Å²) >= 11 is 3.32. The number of nitrogens with one attached hydrogen (secondary N) is 1. The van der Waals surface area contributed by atoms with Crippen LogP contribution in [0.3, 0.4) is 0 Å². The van der Waals surface area contributed by atoms with Gasteiger partial charge in [-0.1, -0.05) is 15.9 Å². The second-order valence-electron chi connectivity index (χ2n) is 4.77. The molecule has 0 aliphatic heterocycles. The van der Waals surface area contributed by atoms with Gasteiger partial charge in [0.25, 0.3) is 5.91 Å². The Bertz CT molecular complexity index is 769. The monoisotopic (exact) mass is 382 g/mol. The molecule has 2 rings (SSSR count). The summed E-state index contributed by atoms with van der Waals surface area (Å²) < 4.78 is 26.0. The standard InChI is InChI=1S/C15H15BrN2O3S/c1-18(2)22(20,21)14-9-3-11(4-10-14)15(19)17-13-7-5-12(16)6-8-13/h3-10H,1-2H3,(H,17,19). The number of sulfonamides is 1. The van der Waals surface area contributed by atoms with Crippen LogP contribution in [0.1, 0.15) is 10.4 Å². The Morgan fingerprint density at radius 3 is 2.05 bits per heavy atom. The van der Waals surface area contributed by atoms with E-state index in [0.717, 1.165) is 8.78 Å². The molecule has 0 bridgehead atoms. The van der Waals surface area contributed by atoms with E-state index < -0.39 is 10.0 Å². The highest BCUT2D eigenvalue weighted by molar-refractivity contribution is 9.10. The molecular weight excluding hydrogens is 368 g/mol. The summed E-state index contributed by atoms with van der Waals surface area (Å²) in [7, 11) is -0.563. The van der Waals surface area contributed by atoms with E-state index in [9.17, 15) is 13.2 Å². The van der Waals surface area contributed by atoms with Crippen molar-refractivity contribution in [1.82, 2.24) is 4.31 Å². The number of nitrogens with zero attached hydrogens (tertiary/aromatic N) is 1. The van der Waals surface area contributed by atoms with E-state index in [2.05, 4.69) is 21.2 Å². The van der Waals surface area contributed by atoms with Crippen molar-refractivity contribution < 1.29 is 13.2 Å². The van der Waals surface area contributed by atoms with Gasteiger partial charge in [-0.25, -0.2) is 12.7 Å². The molecule has 5 nitrogen and oxygen atoms in total. The van der Waals surface area contributed by atoms with Crippen molar-refractivity contribution in [3.8, 4) is 0 Å². The predicted molar refractivity (Wildman–Crippen MR) is 89.4 cm³/mol. The van der Waals surface area contributed by atoms with Gasteiger partial charge < -0.3 is 5.32 Å². The fourth-order valence-corrected chi connectivity index (χ4v) is 2.89. The van der Waals surface area contributed by atoms with E-state index in [4.69, 9.17) is 0 Å². The van der Waals surface area contributed by atoms with Gasteiger partial charge in [0.15, 0.2) is 0 Å². The summed E-state index contributed by atoms with van der Waals surface area (Å²) in [4.78, 5) is 12.3. The number of hydrogen-bond acceptors (Lipinski definition) is 3. The van der Waals surface area contributed by atoms with Gasteiger partial charge in [0, 0.05) is 29.8 Å². The van der Waals surface area contributed by atoms with E-state index in [-0.39, 0.29) is 10.8 Å². The van der Waals surface area contributed by atoms with Crippen LogP contribution < -0.4 is 5.32 Å². The summed E-state index contributed by atoms with van der Waals surface area (Å²) in [6.45, 7) is 0. The van der Waals surface area contributed by atoms with Crippen LogP contribution in [0, 0.1) is 0 Å². The van der Waals surface area contributed by atoms with Crippen LogP contribution in [-0.4, -0.2) is 32.7 Å². The van der Waals surface area contributed by atoms with E-state index in [1.807, 2.05) is 12.1 Å². The van der Waals surface area contributed by atoms with Crippen molar-refractivity contribution in [2.45, 2.75) is 4.90 Å². The molecule has 0 spiro atoms. The van der Waals surface area contributed by atoms with Gasteiger partial charge in [-0.2, -0.15) is 0 Å². The molecule has 0 atom stereocenters. The number of amides is 1.